The quantitative estimate of drug-likeness (QED) is 0.631. The van der Waals surface area contributed by atoms with Gasteiger partial charge in [0.25, 0.3) is 0 Å². The van der Waals surface area contributed by atoms with Gasteiger partial charge in [-0.2, -0.15) is 0 Å². The van der Waals surface area contributed by atoms with Crippen molar-refractivity contribution in [3.05, 3.63) is 33.8 Å². The molecular weight excluding hydrogens is 295 g/mol. The first kappa shape index (κ1) is 16.1. The lowest BCUT2D eigenvalue weighted by atomic mass is 9.77. The van der Waals surface area contributed by atoms with E-state index in [0.717, 1.165) is 31.2 Å². The van der Waals surface area contributed by atoms with Crippen LogP contribution in [-0.2, 0) is 4.74 Å². The monoisotopic (exact) mass is 316 g/mol. The topological polar surface area (TPSA) is 47.3 Å². The molecule has 0 radical (unpaired) electrons. The summed E-state index contributed by atoms with van der Waals surface area (Å²) < 4.78 is 6.13. The van der Waals surface area contributed by atoms with E-state index in [1.54, 1.807) is 6.07 Å². The molecule has 112 valence electrons. The summed E-state index contributed by atoms with van der Waals surface area (Å²) in [6, 6.07) is 5.42. The van der Waals surface area contributed by atoms with Crippen molar-refractivity contribution in [3.8, 4) is 0 Å². The number of nitrogens with one attached hydrogen (secondary N) is 1. The van der Waals surface area contributed by atoms with Gasteiger partial charge >= 0.3 is 0 Å². The number of ether oxygens (including phenoxy) is 1. The summed E-state index contributed by atoms with van der Waals surface area (Å²) in [6.45, 7) is 2.69. The summed E-state index contributed by atoms with van der Waals surface area (Å²) in [6.07, 6.45) is 5.55. The predicted molar refractivity (Wildman–Crippen MR) is 84.0 cm³/mol. The lowest BCUT2D eigenvalue weighted by Crippen LogP contribution is -2.49. The number of hydrogen-bond donors (Lipinski definition) is 2. The van der Waals surface area contributed by atoms with E-state index in [1.165, 1.54) is 6.42 Å². The van der Waals surface area contributed by atoms with Crippen molar-refractivity contribution in [2.75, 3.05) is 6.61 Å². The molecule has 3 N–H and O–H groups in total. The maximum atomic E-state index is 6.35. The number of nitrogens with two attached hydrogens (primary N) is 1. The van der Waals surface area contributed by atoms with Gasteiger partial charge in [-0.3, -0.25) is 11.3 Å². The normalized spacial score (nSPS) is 19.8. The Morgan fingerprint density at radius 2 is 2.00 bits per heavy atom. The van der Waals surface area contributed by atoms with Crippen LogP contribution in [0.5, 0.6) is 0 Å². The highest BCUT2D eigenvalue weighted by molar-refractivity contribution is 6.35. The van der Waals surface area contributed by atoms with Gasteiger partial charge < -0.3 is 4.74 Å². The third kappa shape index (κ3) is 3.29. The number of halogens is 2. The Kier molecular flexibility index (Phi) is 5.70. The van der Waals surface area contributed by atoms with Crippen LogP contribution in [0.25, 0.3) is 0 Å². The number of hydrogen-bond acceptors (Lipinski definition) is 3. The molecule has 5 heteroatoms. The van der Waals surface area contributed by atoms with Gasteiger partial charge in [0.15, 0.2) is 0 Å². The van der Waals surface area contributed by atoms with E-state index in [4.69, 9.17) is 33.8 Å². The predicted octanol–water partition coefficient (Wildman–Crippen LogP) is 4.24. The molecule has 1 aromatic rings. The van der Waals surface area contributed by atoms with Gasteiger partial charge in [-0.15, -0.1) is 0 Å². The summed E-state index contributed by atoms with van der Waals surface area (Å²) in [7, 11) is 0. The van der Waals surface area contributed by atoms with E-state index < -0.39 is 0 Å². The largest absolute Gasteiger partial charge is 0.373 e. The van der Waals surface area contributed by atoms with Crippen LogP contribution in [-0.4, -0.2) is 12.2 Å². The van der Waals surface area contributed by atoms with Gasteiger partial charge in [0.05, 0.1) is 11.6 Å². The van der Waals surface area contributed by atoms with E-state index in [0.29, 0.717) is 16.7 Å². The van der Waals surface area contributed by atoms with Gasteiger partial charge in [0.1, 0.15) is 0 Å². The number of benzene rings is 1. The second-order valence-electron chi connectivity index (χ2n) is 5.32. The first-order valence-electron chi connectivity index (χ1n) is 7.18. The average molecular weight is 317 g/mol. The van der Waals surface area contributed by atoms with Gasteiger partial charge in [-0.25, -0.2) is 0 Å². The molecule has 2 rings (SSSR count). The lowest BCUT2D eigenvalue weighted by Gasteiger charge is -2.43. The Bertz CT molecular complexity index is 442. The Morgan fingerprint density at radius 1 is 1.30 bits per heavy atom. The highest BCUT2D eigenvalue weighted by atomic mass is 35.5. The molecule has 0 aromatic heterocycles. The fourth-order valence-electron chi connectivity index (χ4n) is 3.21. The summed E-state index contributed by atoms with van der Waals surface area (Å²) >= 11 is 12.3. The van der Waals surface area contributed by atoms with Crippen LogP contribution in [0.1, 0.15) is 50.6 Å². The molecule has 1 aromatic carbocycles. The van der Waals surface area contributed by atoms with E-state index in [-0.39, 0.29) is 11.6 Å². The molecule has 0 aliphatic heterocycles. The van der Waals surface area contributed by atoms with E-state index in [2.05, 4.69) is 5.43 Å². The lowest BCUT2D eigenvalue weighted by molar-refractivity contribution is -0.0913. The standard InChI is InChI=1S/C15H22Cl2N2O/c1-2-20-15(8-4-3-5-9-15)14(19-18)12-7-6-11(16)10-13(12)17/h6-7,10,14,19H,2-5,8-9,18H2,1H3. The average Bonchev–Trinajstić information content (AvgIpc) is 2.43. The van der Waals surface area contributed by atoms with Gasteiger partial charge in [-0.05, 0) is 37.5 Å². The molecule has 1 aliphatic carbocycles. The van der Waals surface area contributed by atoms with E-state index in [1.807, 2.05) is 19.1 Å². The van der Waals surface area contributed by atoms with Crippen LogP contribution in [0, 0.1) is 0 Å². The van der Waals surface area contributed by atoms with E-state index in [9.17, 15) is 0 Å². The molecule has 0 saturated heterocycles. The van der Waals surface area contributed by atoms with Crippen molar-refractivity contribution in [2.45, 2.75) is 50.7 Å². The fraction of sp³-hybridized carbons (Fsp3) is 0.600. The molecule has 3 nitrogen and oxygen atoms in total. The summed E-state index contributed by atoms with van der Waals surface area (Å²) in [5.74, 6) is 5.84. The minimum absolute atomic E-state index is 0.118. The highest BCUT2D eigenvalue weighted by Gasteiger charge is 2.41. The summed E-state index contributed by atoms with van der Waals surface area (Å²) in [4.78, 5) is 0. The molecule has 20 heavy (non-hydrogen) atoms. The molecule has 0 heterocycles. The second kappa shape index (κ2) is 7.10. The molecule has 1 aliphatic rings. The second-order valence-corrected chi connectivity index (χ2v) is 6.17. The zero-order valence-electron chi connectivity index (χ0n) is 11.8. The van der Waals surface area contributed by atoms with Crippen molar-refractivity contribution < 1.29 is 4.74 Å². The van der Waals surface area contributed by atoms with Crippen molar-refractivity contribution in [3.63, 3.8) is 0 Å². The fourth-order valence-corrected chi connectivity index (χ4v) is 3.73. The summed E-state index contributed by atoms with van der Waals surface area (Å²) in [5, 5.41) is 1.26. The first-order chi connectivity index (χ1) is 9.63. The Balaban J connectivity index is 2.37. The van der Waals surface area contributed by atoms with E-state index >= 15 is 0 Å². The molecule has 1 fully saturated rings. The van der Waals surface area contributed by atoms with Crippen LogP contribution in [0.4, 0.5) is 0 Å². The zero-order chi connectivity index (χ0) is 14.6. The maximum absolute atomic E-state index is 6.35. The van der Waals surface area contributed by atoms with Crippen LogP contribution in [0.3, 0.4) is 0 Å². The molecule has 1 atom stereocenters. The first-order valence-corrected chi connectivity index (χ1v) is 7.93. The Morgan fingerprint density at radius 3 is 2.55 bits per heavy atom. The third-order valence-corrected chi connectivity index (χ3v) is 4.66. The highest BCUT2D eigenvalue weighted by Crippen LogP contribution is 2.43. The molecule has 1 unspecified atom stereocenters. The smallest absolute Gasteiger partial charge is 0.0889 e. The minimum Gasteiger partial charge on any atom is -0.373 e. The van der Waals surface area contributed by atoms with Gasteiger partial charge in [0, 0.05) is 16.7 Å². The minimum atomic E-state index is -0.279. The number of rotatable bonds is 5. The van der Waals surface area contributed by atoms with Crippen molar-refractivity contribution in [2.24, 2.45) is 5.84 Å². The molecular formula is C15H22Cl2N2O. The molecule has 1 saturated carbocycles. The van der Waals surface area contributed by atoms with Crippen LogP contribution < -0.4 is 11.3 Å². The Hall–Kier alpha value is -0.320. The third-order valence-electron chi connectivity index (χ3n) is 4.10. The zero-order valence-corrected chi connectivity index (χ0v) is 13.3. The Labute approximate surface area is 130 Å². The number of hydrazine groups is 1. The molecule has 0 spiro atoms. The SMILES string of the molecule is CCOC1(C(NN)c2ccc(Cl)cc2Cl)CCCCC1. The van der Waals surface area contributed by atoms with Crippen molar-refractivity contribution >= 4 is 23.2 Å². The molecule has 0 amide bonds. The van der Waals surface area contributed by atoms with Crippen LogP contribution >= 0.6 is 23.2 Å². The van der Waals surface area contributed by atoms with Gasteiger partial charge in [0.2, 0.25) is 0 Å². The summed E-state index contributed by atoms with van der Waals surface area (Å²) in [5.41, 5.74) is 3.60. The van der Waals surface area contributed by atoms with Crippen LogP contribution in [0.2, 0.25) is 10.0 Å². The van der Waals surface area contributed by atoms with Crippen LogP contribution in [0.15, 0.2) is 18.2 Å². The van der Waals surface area contributed by atoms with Crippen molar-refractivity contribution in [1.82, 2.24) is 5.43 Å². The maximum Gasteiger partial charge on any atom is 0.0889 e. The van der Waals surface area contributed by atoms with Gasteiger partial charge in [-0.1, -0.05) is 48.5 Å². The van der Waals surface area contributed by atoms with Crippen molar-refractivity contribution in [1.29, 1.82) is 0 Å². The molecule has 0 bridgehead atoms.